The quantitative estimate of drug-likeness (QED) is 0.0551. The van der Waals surface area contributed by atoms with E-state index >= 15 is 0 Å². The zero-order valence-electron chi connectivity index (χ0n) is 21.1. The van der Waals surface area contributed by atoms with E-state index in [-0.39, 0.29) is 89.1 Å². The van der Waals surface area contributed by atoms with Crippen LogP contribution in [0.2, 0.25) is 0 Å². The number of hydrogen-bond donors (Lipinski definition) is 0. The van der Waals surface area contributed by atoms with Crippen LogP contribution >= 0.6 is 0 Å². The van der Waals surface area contributed by atoms with Gasteiger partial charge in [0.05, 0.1) is 84.6 Å². The van der Waals surface area contributed by atoms with Crippen LogP contribution in [0.4, 0.5) is 0 Å². The molecule has 0 saturated carbocycles. The predicted octanol–water partition coefficient (Wildman–Crippen LogP) is -1.01. The molecule has 0 atom stereocenters. The second kappa shape index (κ2) is 23.9. The molecule has 0 rings (SSSR count). The SMILES string of the molecule is C=C(C)C(=O)OCCOCCOCCS(=O)(=O)[O-].C=C(C)C(=O)OCCOCCOCCS(=O)(=O)[O-].[Mg+2]. The van der Waals surface area contributed by atoms with E-state index in [9.17, 15) is 35.5 Å². The average molecular weight is 587 g/mol. The Balaban J connectivity index is -0.000000608. The van der Waals surface area contributed by atoms with Crippen LogP contribution in [0.1, 0.15) is 13.8 Å². The first kappa shape index (κ1) is 40.3. The first-order valence-corrected chi connectivity index (χ1v) is 13.6. The molecule has 0 fully saturated rings. The minimum Gasteiger partial charge on any atom is -0.748 e. The second-order valence-electron chi connectivity index (χ2n) is 6.81. The van der Waals surface area contributed by atoms with E-state index in [0.717, 1.165) is 0 Å². The van der Waals surface area contributed by atoms with Gasteiger partial charge in [0.2, 0.25) is 0 Å². The molecule has 14 nitrogen and oxygen atoms in total. The van der Waals surface area contributed by atoms with Crippen LogP contribution in [0.25, 0.3) is 0 Å². The van der Waals surface area contributed by atoms with Gasteiger partial charge in [0.25, 0.3) is 0 Å². The Hall–Kier alpha value is -1.15. The largest absolute Gasteiger partial charge is 2.00 e. The summed E-state index contributed by atoms with van der Waals surface area (Å²) in [5.74, 6) is -2.06. The van der Waals surface area contributed by atoms with Crippen LogP contribution in [0.3, 0.4) is 0 Å². The first-order chi connectivity index (χ1) is 16.7. The van der Waals surface area contributed by atoms with Gasteiger partial charge in [-0.15, -0.1) is 0 Å². The van der Waals surface area contributed by atoms with Crippen LogP contribution in [-0.2, 0) is 58.2 Å². The Labute approximate surface area is 234 Å². The first-order valence-electron chi connectivity index (χ1n) is 10.5. The van der Waals surface area contributed by atoms with Crippen molar-refractivity contribution in [1.82, 2.24) is 0 Å². The van der Waals surface area contributed by atoms with Crippen molar-refractivity contribution in [1.29, 1.82) is 0 Å². The Morgan fingerprint density at radius 1 is 0.568 bits per heavy atom. The molecule has 0 spiro atoms. The fraction of sp³-hybridized carbons (Fsp3) is 0.700. The minimum absolute atomic E-state index is 0. The van der Waals surface area contributed by atoms with Crippen molar-refractivity contribution in [3.8, 4) is 0 Å². The maximum Gasteiger partial charge on any atom is 2.00 e. The normalized spacial score (nSPS) is 10.9. The van der Waals surface area contributed by atoms with Gasteiger partial charge in [-0.2, -0.15) is 0 Å². The summed E-state index contributed by atoms with van der Waals surface area (Å²) in [6.45, 7) is 11.0. The molecule has 0 saturated heterocycles. The maximum absolute atomic E-state index is 10.9. The predicted molar refractivity (Wildman–Crippen MR) is 130 cm³/mol. The van der Waals surface area contributed by atoms with Crippen molar-refractivity contribution in [2.75, 3.05) is 77.6 Å². The molecule has 0 amide bonds. The molecule has 37 heavy (non-hydrogen) atoms. The molecule has 0 radical (unpaired) electrons. The monoisotopic (exact) mass is 586 g/mol. The molecule has 0 aromatic carbocycles. The molecule has 0 aliphatic heterocycles. The fourth-order valence-corrected chi connectivity index (χ4v) is 2.24. The molecule has 0 unspecified atom stereocenters. The zero-order valence-corrected chi connectivity index (χ0v) is 24.2. The van der Waals surface area contributed by atoms with E-state index in [2.05, 4.69) is 13.2 Å². The van der Waals surface area contributed by atoms with E-state index in [1.165, 1.54) is 0 Å². The Kier molecular flexibility index (Phi) is 26.1. The molecular weight excluding hydrogens is 553 g/mol. The molecule has 0 aliphatic rings. The van der Waals surface area contributed by atoms with Crippen LogP contribution < -0.4 is 0 Å². The summed E-state index contributed by atoms with van der Waals surface area (Å²) < 4.78 is 90.5. The zero-order chi connectivity index (χ0) is 28.0. The molecule has 0 aromatic heterocycles. The number of carbonyl (C=O) groups is 2. The number of esters is 2. The van der Waals surface area contributed by atoms with Crippen LogP contribution in [0.5, 0.6) is 0 Å². The van der Waals surface area contributed by atoms with Crippen LogP contribution in [0.15, 0.2) is 24.3 Å². The van der Waals surface area contributed by atoms with Gasteiger partial charge in [-0.25, -0.2) is 26.4 Å². The van der Waals surface area contributed by atoms with Crippen molar-refractivity contribution >= 4 is 55.2 Å². The topological polar surface area (TPSA) is 204 Å². The molecule has 0 aliphatic carbocycles. The second-order valence-corrected chi connectivity index (χ2v) is 9.85. The van der Waals surface area contributed by atoms with E-state index in [1.807, 2.05) is 0 Å². The minimum atomic E-state index is -4.22. The van der Waals surface area contributed by atoms with Crippen molar-refractivity contribution in [3.63, 3.8) is 0 Å². The molecule has 0 N–H and O–H groups in total. The van der Waals surface area contributed by atoms with Gasteiger partial charge < -0.3 is 37.5 Å². The number of carbonyl (C=O) groups excluding carboxylic acids is 2. The van der Waals surface area contributed by atoms with E-state index in [0.29, 0.717) is 11.1 Å². The summed E-state index contributed by atoms with van der Waals surface area (Å²) in [7, 11) is -8.45. The summed E-state index contributed by atoms with van der Waals surface area (Å²) in [5.41, 5.74) is 0.634. The van der Waals surface area contributed by atoms with Gasteiger partial charge in [0.1, 0.15) is 13.2 Å². The number of rotatable bonds is 20. The standard InChI is InChI=1S/2C10H18O7S.Mg/c2*1-9(2)10(11)17-6-5-15-3-4-16-7-8-18(12,13)14;/h2*1,3-8H2,2H3,(H,12,13,14);/q;;+2/p-2. The Bertz CT molecular complexity index is 799. The molecule has 212 valence electrons. The van der Waals surface area contributed by atoms with Gasteiger partial charge in [-0.05, 0) is 13.8 Å². The Morgan fingerprint density at radius 2 is 0.811 bits per heavy atom. The van der Waals surface area contributed by atoms with Crippen molar-refractivity contribution in [2.24, 2.45) is 0 Å². The summed E-state index contributed by atoms with van der Waals surface area (Å²) in [4.78, 5) is 21.8. The van der Waals surface area contributed by atoms with Gasteiger partial charge >= 0.3 is 35.0 Å². The third-order valence-electron chi connectivity index (χ3n) is 3.32. The van der Waals surface area contributed by atoms with Crippen molar-refractivity contribution in [2.45, 2.75) is 13.8 Å². The van der Waals surface area contributed by atoms with Crippen LogP contribution in [0, 0.1) is 0 Å². The van der Waals surface area contributed by atoms with Gasteiger partial charge in [0, 0.05) is 11.1 Å². The smallest absolute Gasteiger partial charge is 0.748 e. The summed E-state index contributed by atoms with van der Waals surface area (Å²) >= 11 is 0. The summed E-state index contributed by atoms with van der Waals surface area (Å²) in [5, 5.41) is 0. The molecule has 17 heteroatoms. The van der Waals surface area contributed by atoms with Crippen LogP contribution in [-0.4, -0.2) is 139 Å². The van der Waals surface area contributed by atoms with E-state index in [4.69, 9.17) is 28.4 Å². The summed E-state index contributed by atoms with van der Waals surface area (Å²) in [6, 6.07) is 0. The summed E-state index contributed by atoms with van der Waals surface area (Å²) in [6.07, 6.45) is 0. The maximum atomic E-state index is 10.9. The average Bonchev–Trinajstić information content (AvgIpc) is 2.75. The fourth-order valence-electron chi connectivity index (χ4n) is 1.60. The molecule has 0 heterocycles. The van der Waals surface area contributed by atoms with Gasteiger partial charge in [-0.3, -0.25) is 0 Å². The third-order valence-corrected chi connectivity index (χ3v) is 4.65. The third kappa shape index (κ3) is 34.8. The number of hydrogen-bond acceptors (Lipinski definition) is 14. The molecule has 0 aromatic rings. The Morgan fingerprint density at radius 3 is 1.05 bits per heavy atom. The van der Waals surface area contributed by atoms with E-state index < -0.39 is 43.7 Å². The number of ether oxygens (including phenoxy) is 6. The van der Waals surface area contributed by atoms with Crippen molar-refractivity contribution in [3.05, 3.63) is 24.3 Å². The van der Waals surface area contributed by atoms with Gasteiger partial charge in [0.15, 0.2) is 0 Å². The van der Waals surface area contributed by atoms with E-state index in [1.54, 1.807) is 13.8 Å². The molecule has 0 bridgehead atoms. The van der Waals surface area contributed by atoms with Gasteiger partial charge in [-0.1, -0.05) is 13.2 Å². The molecular formula is C20H34MgO14S2. The van der Waals surface area contributed by atoms with Crippen molar-refractivity contribution < 1.29 is 64.0 Å².